The molecule has 6 heavy (non-hydrogen) atoms. The van der Waals surface area contributed by atoms with E-state index in [9.17, 15) is 0 Å². The summed E-state index contributed by atoms with van der Waals surface area (Å²) >= 11 is 0. The number of carbonyl (C=O) groups excluding carboxylic acids is 1. The van der Waals surface area contributed by atoms with Crippen LogP contribution in [-0.4, -0.2) is 6.16 Å². The van der Waals surface area contributed by atoms with Crippen LogP contribution in [0.2, 0.25) is 0 Å². The van der Waals surface area contributed by atoms with Crippen LogP contribution in [0.3, 0.4) is 0 Å². The first-order valence-electron chi connectivity index (χ1n) is 0.612. The Balaban J connectivity index is -0.0000000450. The first kappa shape index (κ1) is 16.2. The van der Waals surface area contributed by atoms with E-state index >= 15 is 0 Å². The van der Waals surface area contributed by atoms with Crippen LogP contribution in [0.5, 0.6) is 0 Å². The van der Waals surface area contributed by atoms with Gasteiger partial charge in [-0.15, -0.1) is 0 Å². The molecule has 0 bridgehead atoms. The van der Waals surface area contributed by atoms with Crippen LogP contribution in [0.4, 0.5) is 4.79 Å². The SMILES string of the molecule is O=C([O-])[O-].[Fe+2].[Fe]. The van der Waals surface area contributed by atoms with Gasteiger partial charge in [-0.2, -0.15) is 0 Å². The molecular formula is CFe2O3. The molecule has 0 atom stereocenters. The summed E-state index contributed by atoms with van der Waals surface area (Å²) < 4.78 is 0. The van der Waals surface area contributed by atoms with Crippen LogP contribution in [0.1, 0.15) is 0 Å². The van der Waals surface area contributed by atoms with Gasteiger partial charge in [0.05, 0.1) is 0 Å². The molecule has 0 aliphatic carbocycles. The zero-order valence-electron chi connectivity index (χ0n) is 2.43. The normalized spacial score (nSPS) is 4.00. The van der Waals surface area contributed by atoms with Crippen molar-refractivity contribution in [2.24, 2.45) is 0 Å². The monoisotopic (exact) mass is 172 g/mol. The van der Waals surface area contributed by atoms with Gasteiger partial charge in [-0.05, 0) is 6.16 Å². The van der Waals surface area contributed by atoms with Crippen LogP contribution in [0.25, 0.3) is 0 Å². The molecule has 0 fully saturated rings. The van der Waals surface area contributed by atoms with Gasteiger partial charge in [-0.25, -0.2) is 0 Å². The van der Waals surface area contributed by atoms with Crippen LogP contribution < -0.4 is 10.2 Å². The second kappa shape index (κ2) is 9.00. The fraction of sp³-hybridized carbons (Fsp3) is 0. The minimum absolute atomic E-state index is 0. The molecule has 0 unspecified atom stereocenters. The molecule has 0 aliphatic heterocycles. The summed E-state index contributed by atoms with van der Waals surface area (Å²) in [6.07, 6.45) is -2.33. The first-order valence-corrected chi connectivity index (χ1v) is 0.612. The number of hydrogen-bond donors (Lipinski definition) is 0. The summed E-state index contributed by atoms with van der Waals surface area (Å²) in [5.41, 5.74) is 0. The van der Waals surface area contributed by atoms with E-state index in [1.165, 1.54) is 0 Å². The minimum Gasteiger partial charge on any atom is -0.652 e. The molecular weight excluding hydrogens is 172 g/mol. The van der Waals surface area contributed by atoms with E-state index in [0.717, 1.165) is 0 Å². The Labute approximate surface area is 55.7 Å². The second-order valence-corrected chi connectivity index (χ2v) is 0.250. The van der Waals surface area contributed by atoms with Gasteiger partial charge in [0, 0.05) is 17.1 Å². The van der Waals surface area contributed by atoms with Crippen molar-refractivity contribution in [2.75, 3.05) is 0 Å². The van der Waals surface area contributed by atoms with Crippen molar-refractivity contribution in [2.45, 2.75) is 0 Å². The fourth-order valence-electron chi connectivity index (χ4n) is 0. The predicted molar refractivity (Wildman–Crippen MR) is 5.40 cm³/mol. The van der Waals surface area contributed by atoms with E-state index < -0.39 is 6.16 Å². The molecule has 0 heterocycles. The Morgan fingerprint density at radius 1 is 1.33 bits per heavy atom. The van der Waals surface area contributed by atoms with Crippen molar-refractivity contribution >= 4 is 6.16 Å². The van der Waals surface area contributed by atoms with Crippen LogP contribution >= 0.6 is 0 Å². The van der Waals surface area contributed by atoms with E-state index in [4.69, 9.17) is 15.0 Å². The van der Waals surface area contributed by atoms with E-state index in [2.05, 4.69) is 0 Å². The average molecular weight is 172 g/mol. The Bertz CT molecular complexity index is 31.8. The van der Waals surface area contributed by atoms with Crippen molar-refractivity contribution in [3.63, 3.8) is 0 Å². The molecule has 0 radical (unpaired) electrons. The van der Waals surface area contributed by atoms with Gasteiger partial charge in [-0.3, -0.25) is 0 Å². The van der Waals surface area contributed by atoms with Gasteiger partial charge >= 0.3 is 17.1 Å². The van der Waals surface area contributed by atoms with E-state index in [-0.39, 0.29) is 34.1 Å². The van der Waals surface area contributed by atoms with Crippen molar-refractivity contribution in [3.05, 3.63) is 0 Å². The molecule has 0 saturated carbocycles. The Hall–Kier alpha value is 0.309. The molecule has 0 amide bonds. The van der Waals surface area contributed by atoms with Crippen LogP contribution in [-0.2, 0) is 34.1 Å². The van der Waals surface area contributed by atoms with Gasteiger partial charge in [0.1, 0.15) is 0 Å². The third-order valence-corrected chi connectivity index (χ3v) is 0. The number of rotatable bonds is 0. The number of carbonyl (C=O) groups is 1. The van der Waals surface area contributed by atoms with Crippen molar-refractivity contribution in [1.29, 1.82) is 0 Å². The van der Waals surface area contributed by atoms with Crippen LogP contribution in [0.15, 0.2) is 0 Å². The topological polar surface area (TPSA) is 63.2 Å². The van der Waals surface area contributed by atoms with E-state index in [1.807, 2.05) is 0 Å². The van der Waals surface area contributed by atoms with E-state index in [0.29, 0.717) is 0 Å². The summed E-state index contributed by atoms with van der Waals surface area (Å²) in [5, 5.41) is 16.7. The number of hydrogen-bond acceptors (Lipinski definition) is 3. The maximum atomic E-state index is 8.33. The molecule has 0 aromatic rings. The van der Waals surface area contributed by atoms with Crippen molar-refractivity contribution < 1.29 is 49.1 Å². The number of carboxylic acid groups (broad SMARTS) is 2. The average Bonchev–Trinajstić information content (AvgIpc) is 0.811. The van der Waals surface area contributed by atoms with Gasteiger partial charge in [0.15, 0.2) is 0 Å². The van der Waals surface area contributed by atoms with Gasteiger partial charge < -0.3 is 15.0 Å². The quantitative estimate of drug-likeness (QED) is 0.380. The Morgan fingerprint density at radius 3 is 1.33 bits per heavy atom. The molecule has 5 heteroatoms. The summed E-state index contributed by atoms with van der Waals surface area (Å²) in [7, 11) is 0. The fourth-order valence-corrected chi connectivity index (χ4v) is 0. The van der Waals surface area contributed by atoms with Gasteiger partial charge in [-0.1, -0.05) is 0 Å². The zero-order valence-corrected chi connectivity index (χ0v) is 4.64. The molecule has 0 aliphatic rings. The Kier molecular flexibility index (Phi) is 24.4. The first-order chi connectivity index (χ1) is 1.73. The maximum Gasteiger partial charge on any atom is 2.00 e. The second-order valence-electron chi connectivity index (χ2n) is 0.250. The van der Waals surface area contributed by atoms with Crippen LogP contribution in [0, 0.1) is 0 Å². The predicted octanol–water partition coefficient (Wildman–Crippen LogP) is -2.45. The van der Waals surface area contributed by atoms with Gasteiger partial charge in [0.2, 0.25) is 0 Å². The van der Waals surface area contributed by atoms with Crippen molar-refractivity contribution in [3.8, 4) is 0 Å². The minimum atomic E-state index is -2.33. The molecule has 38 valence electrons. The molecule has 0 rings (SSSR count). The maximum absolute atomic E-state index is 8.33. The van der Waals surface area contributed by atoms with E-state index in [1.54, 1.807) is 0 Å². The summed E-state index contributed by atoms with van der Waals surface area (Å²) in [6.45, 7) is 0. The molecule has 0 spiro atoms. The molecule has 3 nitrogen and oxygen atoms in total. The Morgan fingerprint density at radius 2 is 1.33 bits per heavy atom. The van der Waals surface area contributed by atoms with Crippen molar-refractivity contribution in [1.82, 2.24) is 0 Å². The zero-order chi connectivity index (χ0) is 3.58. The summed E-state index contributed by atoms with van der Waals surface area (Å²) in [4.78, 5) is 8.33. The smallest absolute Gasteiger partial charge is 0.652 e. The summed E-state index contributed by atoms with van der Waals surface area (Å²) in [5.74, 6) is 0. The molecule has 0 aromatic heterocycles. The summed E-state index contributed by atoms with van der Waals surface area (Å²) in [6, 6.07) is 0. The molecule has 0 aromatic carbocycles. The third kappa shape index (κ3) is 494. The van der Waals surface area contributed by atoms with Gasteiger partial charge in [0.25, 0.3) is 0 Å². The third-order valence-electron chi connectivity index (χ3n) is 0. The molecule has 0 saturated heterocycles. The molecule has 0 N–H and O–H groups in total. The standard InChI is InChI=1S/CH2O3.2Fe/c2-1(3)4;;/h(H2,2,3,4);;/q;;+2/p-2. The largest absolute Gasteiger partial charge is 2.00 e.